The maximum atomic E-state index is 6.06. The molecule has 1 heteroatoms. The molecule has 0 aromatic heterocycles. The summed E-state index contributed by atoms with van der Waals surface area (Å²) in [5.41, 5.74) is 9.02. The van der Waals surface area contributed by atoms with Crippen LogP contribution in [0, 0.1) is 11.3 Å². The summed E-state index contributed by atoms with van der Waals surface area (Å²) in [4.78, 5) is 0. The van der Waals surface area contributed by atoms with E-state index in [0.717, 1.165) is 0 Å². The van der Waals surface area contributed by atoms with Gasteiger partial charge in [-0.1, -0.05) is 55.8 Å². The summed E-state index contributed by atoms with van der Waals surface area (Å²) in [5, 5.41) is 0. The van der Waals surface area contributed by atoms with Gasteiger partial charge in [-0.25, -0.2) is 0 Å². The van der Waals surface area contributed by atoms with E-state index in [9.17, 15) is 0 Å². The highest BCUT2D eigenvalue weighted by Gasteiger charge is 2.55. The van der Waals surface area contributed by atoms with Crippen LogP contribution in [0.1, 0.15) is 26.3 Å². The number of hydrogen-bond acceptors (Lipinski definition) is 1. The molecule has 0 heterocycles. The van der Waals surface area contributed by atoms with Gasteiger partial charge in [0.05, 0.1) is 0 Å². The lowest BCUT2D eigenvalue weighted by molar-refractivity contribution is 0.583. The van der Waals surface area contributed by atoms with Gasteiger partial charge in [0, 0.05) is 12.0 Å². The first-order valence-corrected chi connectivity index (χ1v) is 5.52. The molecule has 1 aliphatic carbocycles. The topological polar surface area (TPSA) is 26.0 Å². The first-order valence-electron chi connectivity index (χ1n) is 5.52. The molecular formula is C14H19N. The van der Waals surface area contributed by atoms with Crippen LogP contribution in [-0.2, 0) is 0 Å². The zero-order valence-electron chi connectivity index (χ0n) is 9.70. The Morgan fingerprint density at radius 1 is 1.27 bits per heavy atom. The lowest BCUT2D eigenvalue weighted by Crippen LogP contribution is -2.06. The number of hydrogen-bond donors (Lipinski definition) is 1. The van der Waals surface area contributed by atoms with Crippen molar-refractivity contribution in [2.75, 3.05) is 0 Å². The van der Waals surface area contributed by atoms with Crippen molar-refractivity contribution in [3.05, 3.63) is 41.5 Å². The Morgan fingerprint density at radius 3 is 2.27 bits per heavy atom. The highest BCUT2D eigenvalue weighted by atomic mass is 14.8. The van der Waals surface area contributed by atoms with E-state index in [1.807, 2.05) is 6.07 Å². The van der Waals surface area contributed by atoms with Crippen molar-refractivity contribution in [2.45, 2.75) is 26.8 Å². The predicted molar refractivity (Wildman–Crippen MR) is 65.3 cm³/mol. The Kier molecular flexibility index (Phi) is 2.43. The van der Waals surface area contributed by atoms with Crippen molar-refractivity contribution in [1.29, 1.82) is 0 Å². The first-order chi connectivity index (χ1) is 7.03. The molecule has 2 atom stereocenters. The van der Waals surface area contributed by atoms with Crippen molar-refractivity contribution < 1.29 is 0 Å². The van der Waals surface area contributed by atoms with E-state index in [1.165, 1.54) is 11.1 Å². The zero-order valence-corrected chi connectivity index (χ0v) is 9.70. The van der Waals surface area contributed by atoms with Gasteiger partial charge < -0.3 is 5.73 Å². The lowest BCUT2D eigenvalue weighted by Gasteiger charge is -2.02. The molecule has 1 aromatic rings. The number of benzene rings is 1. The maximum Gasteiger partial charge on any atom is 0.0168 e. The smallest absolute Gasteiger partial charge is 0.0168 e. The molecule has 0 bridgehead atoms. The van der Waals surface area contributed by atoms with Gasteiger partial charge in [-0.2, -0.15) is 0 Å². The van der Waals surface area contributed by atoms with Crippen LogP contribution in [0.5, 0.6) is 0 Å². The fourth-order valence-electron chi connectivity index (χ4n) is 2.45. The van der Waals surface area contributed by atoms with E-state index in [-0.39, 0.29) is 5.41 Å². The Hall–Kier alpha value is -1.08. The summed E-state index contributed by atoms with van der Waals surface area (Å²) in [6.45, 7) is 6.67. The summed E-state index contributed by atoms with van der Waals surface area (Å²) in [5.74, 6) is 0.553. The first kappa shape index (κ1) is 10.4. The standard InChI is InChI=1S/C14H19N/c1-10(12-13(15)14(12,2)3)9-11-7-5-4-6-8-11/h4-9,12-13H,15H2,1-3H3/b10-9+. The number of nitrogens with two attached hydrogens (primary N) is 1. The van der Waals surface area contributed by atoms with Crippen LogP contribution < -0.4 is 5.73 Å². The molecule has 1 aromatic carbocycles. The second kappa shape index (κ2) is 3.49. The average molecular weight is 201 g/mol. The van der Waals surface area contributed by atoms with Gasteiger partial charge in [-0.3, -0.25) is 0 Å². The second-order valence-corrected chi connectivity index (χ2v) is 5.12. The second-order valence-electron chi connectivity index (χ2n) is 5.12. The third kappa shape index (κ3) is 1.84. The minimum absolute atomic E-state index is 0.287. The molecule has 0 saturated heterocycles. The fourth-order valence-corrected chi connectivity index (χ4v) is 2.45. The minimum Gasteiger partial charge on any atom is -0.327 e. The zero-order chi connectivity index (χ0) is 11.1. The van der Waals surface area contributed by atoms with Crippen LogP contribution >= 0.6 is 0 Å². The SMILES string of the molecule is C/C(=C\c1ccccc1)C1C(N)C1(C)C. The van der Waals surface area contributed by atoms with Gasteiger partial charge in [0.1, 0.15) is 0 Å². The Bertz CT molecular complexity index is 376. The molecule has 0 amide bonds. The predicted octanol–water partition coefficient (Wildman–Crippen LogP) is 3.07. The van der Waals surface area contributed by atoms with Crippen LogP contribution in [0.4, 0.5) is 0 Å². The minimum atomic E-state index is 0.287. The molecule has 15 heavy (non-hydrogen) atoms. The highest BCUT2D eigenvalue weighted by Crippen LogP contribution is 2.54. The Morgan fingerprint density at radius 2 is 1.80 bits per heavy atom. The summed E-state index contributed by atoms with van der Waals surface area (Å²) in [7, 11) is 0. The highest BCUT2D eigenvalue weighted by molar-refractivity contribution is 5.54. The molecule has 1 aliphatic rings. The van der Waals surface area contributed by atoms with Gasteiger partial charge in [-0.05, 0) is 17.9 Å². The molecule has 2 rings (SSSR count). The summed E-state index contributed by atoms with van der Waals surface area (Å²) >= 11 is 0. The monoisotopic (exact) mass is 201 g/mol. The maximum absolute atomic E-state index is 6.06. The van der Waals surface area contributed by atoms with E-state index in [1.54, 1.807) is 0 Å². The van der Waals surface area contributed by atoms with Crippen LogP contribution in [0.25, 0.3) is 6.08 Å². The van der Waals surface area contributed by atoms with Crippen LogP contribution in [0.15, 0.2) is 35.9 Å². The van der Waals surface area contributed by atoms with E-state index in [0.29, 0.717) is 12.0 Å². The van der Waals surface area contributed by atoms with Gasteiger partial charge in [0.2, 0.25) is 0 Å². The van der Waals surface area contributed by atoms with E-state index in [4.69, 9.17) is 5.73 Å². The van der Waals surface area contributed by atoms with Crippen molar-refractivity contribution in [1.82, 2.24) is 0 Å². The van der Waals surface area contributed by atoms with Gasteiger partial charge in [0.25, 0.3) is 0 Å². The normalized spacial score (nSPS) is 28.9. The van der Waals surface area contributed by atoms with E-state index in [2.05, 4.69) is 51.1 Å². The summed E-state index contributed by atoms with van der Waals surface area (Å²) in [6.07, 6.45) is 2.25. The molecule has 1 fully saturated rings. The Balaban J connectivity index is 2.17. The van der Waals surface area contributed by atoms with Gasteiger partial charge >= 0.3 is 0 Å². The van der Waals surface area contributed by atoms with Crippen LogP contribution in [0.3, 0.4) is 0 Å². The van der Waals surface area contributed by atoms with Crippen molar-refractivity contribution >= 4 is 6.08 Å². The molecule has 80 valence electrons. The van der Waals surface area contributed by atoms with Crippen molar-refractivity contribution in [3.8, 4) is 0 Å². The molecule has 0 spiro atoms. The summed E-state index contributed by atoms with van der Waals surface area (Å²) < 4.78 is 0. The average Bonchev–Trinajstić information content (AvgIpc) is 2.67. The lowest BCUT2D eigenvalue weighted by atomic mass is 10.0. The molecule has 0 radical (unpaired) electrons. The fraction of sp³-hybridized carbons (Fsp3) is 0.429. The third-order valence-corrected chi connectivity index (χ3v) is 3.60. The molecule has 2 N–H and O–H groups in total. The molecular weight excluding hydrogens is 182 g/mol. The molecule has 1 saturated carbocycles. The molecule has 0 aliphatic heterocycles. The number of rotatable bonds is 2. The van der Waals surface area contributed by atoms with Crippen molar-refractivity contribution in [2.24, 2.45) is 17.1 Å². The molecule has 1 nitrogen and oxygen atoms in total. The largest absolute Gasteiger partial charge is 0.327 e. The van der Waals surface area contributed by atoms with Crippen molar-refractivity contribution in [3.63, 3.8) is 0 Å². The molecule has 2 unspecified atom stereocenters. The van der Waals surface area contributed by atoms with Crippen LogP contribution in [0.2, 0.25) is 0 Å². The van der Waals surface area contributed by atoms with Gasteiger partial charge in [-0.15, -0.1) is 0 Å². The van der Waals surface area contributed by atoms with E-state index >= 15 is 0 Å². The van der Waals surface area contributed by atoms with Gasteiger partial charge in [0.15, 0.2) is 0 Å². The van der Waals surface area contributed by atoms with Crippen LogP contribution in [-0.4, -0.2) is 6.04 Å². The van der Waals surface area contributed by atoms with E-state index < -0.39 is 0 Å². The Labute approximate surface area is 92.0 Å². The quantitative estimate of drug-likeness (QED) is 0.782. The third-order valence-electron chi connectivity index (χ3n) is 3.60. The summed E-state index contributed by atoms with van der Waals surface area (Å²) in [6, 6.07) is 10.8.